The van der Waals surface area contributed by atoms with E-state index < -0.39 is 0 Å². The van der Waals surface area contributed by atoms with Crippen molar-refractivity contribution in [2.75, 3.05) is 32.0 Å². The van der Waals surface area contributed by atoms with Gasteiger partial charge in [0, 0.05) is 30.1 Å². The Balaban J connectivity index is 1.77. The van der Waals surface area contributed by atoms with Crippen LogP contribution >= 0.6 is 0 Å². The minimum atomic E-state index is 0.458. The Morgan fingerprint density at radius 2 is 1.65 bits per heavy atom. The minimum absolute atomic E-state index is 0.458. The molecule has 1 aliphatic rings. The second kappa shape index (κ2) is 8.60. The number of anilines is 3. The molecule has 0 atom stereocenters. The lowest BCUT2D eigenvalue weighted by Crippen LogP contribution is -2.23. The first-order chi connectivity index (χ1) is 12.7. The number of rotatable bonds is 7. The lowest BCUT2D eigenvalue weighted by molar-refractivity contribution is 0.324. The zero-order valence-corrected chi connectivity index (χ0v) is 15.5. The second-order valence-electron chi connectivity index (χ2n) is 6.28. The molecule has 0 bridgehead atoms. The van der Waals surface area contributed by atoms with Crippen molar-refractivity contribution in [2.24, 2.45) is 0 Å². The molecule has 1 saturated carbocycles. The monoisotopic (exact) mass is 358 g/mol. The van der Waals surface area contributed by atoms with Crippen molar-refractivity contribution in [2.45, 2.75) is 38.1 Å². The van der Waals surface area contributed by atoms with E-state index in [1.807, 2.05) is 18.2 Å². The summed E-state index contributed by atoms with van der Waals surface area (Å²) in [6.07, 6.45) is 7.95. The fourth-order valence-electron chi connectivity index (χ4n) is 3.23. The number of benzene rings is 1. The molecule has 2 N–H and O–H groups in total. The van der Waals surface area contributed by atoms with Crippen LogP contribution in [0.3, 0.4) is 0 Å². The van der Waals surface area contributed by atoms with Gasteiger partial charge in [-0.25, -0.2) is 4.98 Å². The van der Waals surface area contributed by atoms with Crippen LogP contribution in [0.2, 0.25) is 0 Å². The Hall–Kier alpha value is -2.70. The number of nitrogens with zero attached hydrogens (tertiary/aromatic N) is 2. The summed E-state index contributed by atoms with van der Waals surface area (Å²) in [4.78, 5) is 8.91. The van der Waals surface area contributed by atoms with Gasteiger partial charge >= 0.3 is 0 Å². The van der Waals surface area contributed by atoms with Gasteiger partial charge in [-0.1, -0.05) is 19.3 Å². The first-order valence-corrected chi connectivity index (χ1v) is 8.90. The molecule has 2 aromatic rings. The van der Waals surface area contributed by atoms with Gasteiger partial charge in [0.15, 0.2) is 11.5 Å². The van der Waals surface area contributed by atoms with E-state index in [4.69, 9.17) is 14.2 Å². The lowest BCUT2D eigenvalue weighted by atomic mass is 9.96. The molecule has 1 aliphatic carbocycles. The number of aromatic nitrogens is 2. The van der Waals surface area contributed by atoms with Crippen LogP contribution in [0.1, 0.15) is 32.1 Å². The third kappa shape index (κ3) is 4.28. The highest BCUT2D eigenvalue weighted by molar-refractivity contribution is 5.66. The molecular formula is C19H26N4O3. The van der Waals surface area contributed by atoms with Crippen LogP contribution in [0.25, 0.3) is 0 Å². The van der Waals surface area contributed by atoms with Gasteiger partial charge in [-0.3, -0.25) is 0 Å². The van der Waals surface area contributed by atoms with Crippen molar-refractivity contribution < 1.29 is 14.2 Å². The highest BCUT2D eigenvalue weighted by Crippen LogP contribution is 2.40. The van der Waals surface area contributed by atoms with E-state index in [1.165, 1.54) is 32.1 Å². The van der Waals surface area contributed by atoms with Crippen LogP contribution in [0.5, 0.6) is 17.2 Å². The van der Waals surface area contributed by atoms with Gasteiger partial charge in [-0.2, -0.15) is 4.98 Å². The maximum atomic E-state index is 5.39. The molecule has 7 heteroatoms. The summed E-state index contributed by atoms with van der Waals surface area (Å²) < 4.78 is 16.1. The molecule has 1 fully saturated rings. The third-order valence-corrected chi connectivity index (χ3v) is 4.53. The largest absolute Gasteiger partial charge is 0.493 e. The first-order valence-electron chi connectivity index (χ1n) is 8.90. The number of ether oxygens (including phenoxy) is 3. The molecular weight excluding hydrogens is 332 g/mol. The molecule has 0 aliphatic heterocycles. The normalized spacial score (nSPS) is 14.6. The van der Waals surface area contributed by atoms with Crippen molar-refractivity contribution >= 4 is 17.5 Å². The highest BCUT2D eigenvalue weighted by atomic mass is 16.5. The maximum absolute atomic E-state index is 5.39. The quantitative estimate of drug-likeness (QED) is 0.775. The number of hydrogen-bond acceptors (Lipinski definition) is 7. The van der Waals surface area contributed by atoms with Crippen LogP contribution in [0.4, 0.5) is 17.5 Å². The van der Waals surface area contributed by atoms with Crippen LogP contribution in [0.15, 0.2) is 24.4 Å². The second-order valence-corrected chi connectivity index (χ2v) is 6.28. The fraction of sp³-hybridized carbons (Fsp3) is 0.474. The summed E-state index contributed by atoms with van der Waals surface area (Å²) in [5, 5.41) is 6.71. The first kappa shape index (κ1) is 18.1. The van der Waals surface area contributed by atoms with E-state index in [9.17, 15) is 0 Å². The van der Waals surface area contributed by atoms with Crippen LogP contribution < -0.4 is 24.8 Å². The Kier molecular flexibility index (Phi) is 5.99. The van der Waals surface area contributed by atoms with E-state index in [0.29, 0.717) is 35.1 Å². The van der Waals surface area contributed by atoms with Crippen molar-refractivity contribution in [3.63, 3.8) is 0 Å². The standard InChI is InChI=1S/C19H26N4O3/c1-24-15-11-14(12-16(25-2)18(15)26-3)21-17-9-10-20-19(23-17)22-13-7-5-4-6-8-13/h9-13H,4-8H2,1-3H3,(H2,20,21,22,23). The Morgan fingerprint density at radius 1 is 0.962 bits per heavy atom. The average molecular weight is 358 g/mol. The van der Waals surface area contributed by atoms with Gasteiger partial charge in [-0.05, 0) is 18.9 Å². The number of hydrogen-bond donors (Lipinski definition) is 2. The van der Waals surface area contributed by atoms with Gasteiger partial charge < -0.3 is 24.8 Å². The van der Waals surface area contributed by atoms with Crippen molar-refractivity contribution in [3.05, 3.63) is 24.4 Å². The molecule has 0 unspecified atom stereocenters. The van der Waals surface area contributed by atoms with Crippen molar-refractivity contribution in [1.29, 1.82) is 0 Å². The Morgan fingerprint density at radius 3 is 2.27 bits per heavy atom. The molecule has 0 saturated heterocycles. The Labute approximate surface area is 154 Å². The van der Waals surface area contributed by atoms with Crippen molar-refractivity contribution in [1.82, 2.24) is 9.97 Å². The molecule has 1 heterocycles. The average Bonchev–Trinajstić information content (AvgIpc) is 2.68. The zero-order valence-electron chi connectivity index (χ0n) is 15.5. The summed E-state index contributed by atoms with van der Waals surface area (Å²) in [6, 6.07) is 5.98. The van der Waals surface area contributed by atoms with E-state index in [1.54, 1.807) is 27.5 Å². The van der Waals surface area contributed by atoms with Gasteiger partial charge in [0.05, 0.1) is 21.3 Å². The predicted molar refractivity (Wildman–Crippen MR) is 102 cm³/mol. The molecule has 7 nitrogen and oxygen atoms in total. The van der Waals surface area contributed by atoms with Gasteiger partial charge in [-0.15, -0.1) is 0 Å². The van der Waals surface area contributed by atoms with Gasteiger partial charge in [0.1, 0.15) is 5.82 Å². The smallest absolute Gasteiger partial charge is 0.224 e. The van der Waals surface area contributed by atoms with Crippen LogP contribution in [-0.4, -0.2) is 37.3 Å². The molecule has 1 aromatic carbocycles. The summed E-state index contributed by atoms with van der Waals surface area (Å²) in [7, 11) is 4.77. The Bertz CT molecular complexity index is 707. The molecule has 140 valence electrons. The number of methoxy groups -OCH3 is 3. The summed E-state index contributed by atoms with van der Waals surface area (Å²) >= 11 is 0. The van der Waals surface area contributed by atoms with Gasteiger partial charge in [0.2, 0.25) is 11.7 Å². The van der Waals surface area contributed by atoms with Crippen LogP contribution in [-0.2, 0) is 0 Å². The highest BCUT2D eigenvalue weighted by Gasteiger charge is 2.15. The minimum Gasteiger partial charge on any atom is -0.493 e. The van der Waals surface area contributed by atoms with Crippen molar-refractivity contribution in [3.8, 4) is 17.2 Å². The van der Waals surface area contributed by atoms with E-state index >= 15 is 0 Å². The molecule has 0 radical (unpaired) electrons. The van der Waals surface area contributed by atoms with E-state index in [-0.39, 0.29) is 0 Å². The summed E-state index contributed by atoms with van der Waals surface area (Å²) in [6.45, 7) is 0. The summed E-state index contributed by atoms with van der Waals surface area (Å²) in [5.41, 5.74) is 0.793. The molecule has 1 aromatic heterocycles. The molecule has 0 spiro atoms. The van der Waals surface area contributed by atoms with Crippen LogP contribution in [0, 0.1) is 0 Å². The summed E-state index contributed by atoms with van der Waals surface area (Å²) in [5.74, 6) is 3.08. The molecule has 0 amide bonds. The zero-order chi connectivity index (χ0) is 18.4. The maximum Gasteiger partial charge on any atom is 0.224 e. The SMILES string of the molecule is COc1cc(Nc2ccnc(NC3CCCCC3)n2)cc(OC)c1OC. The lowest BCUT2D eigenvalue weighted by Gasteiger charge is -2.22. The van der Waals surface area contributed by atoms with Gasteiger partial charge in [0.25, 0.3) is 0 Å². The van der Waals surface area contributed by atoms with E-state index in [2.05, 4.69) is 20.6 Å². The fourth-order valence-corrected chi connectivity index (χ4v) is 3.23. The third-order valence-electron chi connectivity index (χ3n) is 4.53. The molecule has 26 heavy (non-hydrogen) atoms. The number of nitrogens with one attached hydrogen (secondary N) is 2. The predicted octanol–water partition coefficient (Wildman–Crippen LogP) is 3.99. The van der Waals surface area contributed by atoms with E-state index in [0.717, 1.165) is 5.69 Å². The molecule has 3 rings (SSSR count). The topological polar surface area (TPSA) is 77.5 Å².